The zero-order valence-electron chi connectivity index (χ0n) is 7.72. The van der Waals surface area contributed by atoms with E-state index in [4.69, 9.17) is 0 Å². The van der Waals surface area contributed by atoms with Crippen molar-refractivity contribution in [3.8, 4) is 0 Å². The summed E-state index contributed by atoms with van der Waals surface area (Å²) in [5, 5.41) is 10.3. The van der Waals surface area contributed by atoms with Crippen LogP contribution in [0.15, 0.2) is 0 Å². The number of aliphatic carboxylic acids is 1. The van der Waals surface area contributed by atoms with E-state index in [1.807, 2.05) is 6.92 Å². The van der Waals surface area contributed by atoms with E-state index in [1.165, 1.54) is 0 Å². The average molecular weight is 276 g/mol. The Bertz CT molecular complexity index is 104. The van der Waals surface area contributed by atoms with E-state index in [9.17, 15) is 9.90 Å². The van der Waals surface area contributed by atoms with Gasteiger partial charge >= 0.3 is 68.9 Å². The SMILES string of the molecule is CCCCC(CC)C(=O)[O-].[Cs+]. The summed E-state index contributed by atoms with van der Waals surface area (Å²) in [7, 11) is 0. The molecule has 3 heteroatoms. The fraction of sp³-hybridized carbons (Fsp3) is 0.875. The first-order valence-electron chi connectivity index (χ1n) is 3.93. The number of hydrogen-bond donors (Lipinski definition) is 0. The Morgan fingerprint density at radius 3 is 2.27 bits per heavy atom. The van der Waals surface area contributed by atoms with Gasteiger partial charge in [-0.3, -0.25) is 0 Å². The van der Waals surface area contributed by atoms with Crippen LogP contribution >= 0.6 is 0 Å². The van der Waals surface area contributed by atoms with Gasteiger partial charge in [-0.05, 0) is 18.8 Å². The van der Waals surface area contributed by atoms with Crippen LogP contribution in [0.3, 0.4) is 0 Å². The Hall–Kier alpha value is 1.52. The molecule has 0 aromatic carbocycles. The summed E-state index contributed by atoms with van der Waals surface area (Å²) in [4.78, 5) is 10.3. The molecule has 0 aromatic heterocycles. The first kappa shape index (κ1) is 15.0. The molecule has 0 fully saturated rings. The summed E-state index contributed by atoms with van der Waals surface area (Å²) in [5.74, 6) is -1.11. The van der Waals surface area contributed by atoms with Gasteiger partial charge in [0.1, 0.15) is 0 Å². The molecule has 0 rings (SSSR count). The topological polar surface area (TPSA) is 40.1 Å². The van der Waals surface area contributed by atoms with Crippen LogP contribution in [-0.4, -0.2) is 5.97 Å². The van der Waals surface area contributed by atoms with Crippen molar-refractivity contribution in [1.82, 2.24) is 0 Å². The fourth-order valence-electron chi connectivity index (χ4n) is 0.939. The number of carboxylic acids is 1. The van der Waals surface area contributed by atoms with Crippen molar-refractivity contribution in [2.75, 3.05) is 0 Å². The summed E-state index contributed by atoms with van der Waals surface area (Å²) >= 11 is 0. The molecule has 0 aliphatic rings. The monoisotopic (exact) mass is 276 g/mol. The predicted molar refractivity (Wildman–Crippen MR) is 38.3 cm³/mol. The van der Waals surface area contributed by atoms with Crippen LogP contribution in [0.25, 0.3) is 0 Å². The van der Waals surface area contributed by atoms with Crippen molar-refractivity contribution < 1.29 is 78.8 Å². The van der Waals surface area contributed by atoms with Crippen LogP contribution < -0.4 is 74.0 Å². The molecule has 0 aliphatic heterocycles. The van der Waals surface area contributed by atoms with Crippen LogP contribution in [0.5, 0.6) is 0 Å². The largest absolute Gasteiger partial charge is 1.00 e. The minimum Gasteiger partial charge on any atom is -0.550 e. The number of hydrogen-bond acceptors (Lipinski definition) is 2. The fourth-order valence-corrected chi connectivity index (χ4v) is 0.939. The van der Waals surface area contributed by atoms with Gasteiger partial charge in [0.05, 0.1) is 0 Å². The van der Waals surface area contributed by atoms with Crippen molar-refractivity contribution in [2.24, 2.45) is 5.92 Å². The number of carboxylic acid groups (broad SMARTS) is 1. The standard InChI is InChI=1S/C8H16O2.Cs/c1-3-5-6-7(4-2)8(9)10;/h7H,3-6H2,1-2H3,(H,9,10);/q;+1/p-1. The quantitative estimate of drug-likeness (QED) is 0.580. The van der Waals surface area contributed by atoms with Gasteiger partial charge in [0, 0.05) is 5.97 Å². The molecular formula is C8H15CsO2. The molecule has 0 aromatic rings. The normalized spacial score (nSPS) is 11.8. The van der Waals surface area contributed by atoms with E-state index < -0.39 is 5.97 Å². The molecule has 0 amide bonds. The molecule has 0 aliphatic carbocycles. The second-order valence-electron chi connectivity index (χ2n) is 2.57. The third-order valence-electron chi connectivity index (χ3n) is 1.73. The number of unbranched alkanes of at least 4 members (excludes halogenated alkanes) is 1. The average Bonchev–Trinajstić information content (AvgIpc) is 1.89. The van der Waals surface area contributed by atoms with E-state index in [0.717, 1.165) is 19.3 Å². The van der Waals surface area contributed by atoms with Crippen LogP contribution in [0.2, 0.25) is 0 Å². The molecule has 0 saturated carbocycles. The smallest absolute Gasteiger partial charge is 0.550 e. The number of carbonyl (C=O) groups is 1. The summed E-state index contributed by atoms with van der Waals surface area (Å²) in [5.41, 5.74) is 0. The zero-order valence-corrected chi connectivity index (χ0v) is 14.0. The third-order valence-corrected chi connectivity index (χ3v) is 1.73. The van der Waals surface area contributed by atoms with E-state index in [-0.39, 0.29) is 74.8 Å². The molecule has 60 valence electrons. The van der Waals surface area contributed by atoms with Gasteiger partial charge in [-0.1, -0.05) is 26.7 Å². The number of carbonyl (C=O) groups excluding carboxylic acids is 1. The maximum absolute atomic E-state index is 10.3. The van der Waals surface area contributed by atoms with Crippen molar-refractivity contribution in [3.05, 3.63) is 0 Å². The van der Waals surface area contributed by atoms with Gasteiger partial charge in [0.25, 0.3) is 0 Å². The van der Waals surface area contributed by atoms with E-state index in [0.29, 0.717) is 6.42 Å². The van der Waals surface area contributed by atoms with E-state index in [1.54, 1.807) is 0 Å². The molecule has 0 radical (unpaired) electrons. The number of rotatable bonds is 5. The Labute approximate surface area is 128 Å². The first-order chi connectivity index (χ1) is 4.72. The maximum atomic E-state index is 10.3. The molecule has 2 nitrogen and oxygen atoms in total. The third kappa shape index (κ3) is 7.87. The minimum absolute atomic E-state index is 0. The molecule has 0 saturated heterocycles. The van der Waals surface area contributed by atoms with Crippen molar-refractivity contribution in [2.45, 2.75) is 39.5 Å². The van der Waals surface area contributed by atoms with Crippen molar-refractivity contribution >= 4 is 5.97 Å². The van der Waals surface area contributed by atoms with Crippen LogP contribution in [-0.2, 0) is 4.79 Å². The second-order valence-corrected chi connectivity index (χ2v) is 2.57. The summed E-state index contributed by atoms with van der Waals surface area (Å²) in [6.07, 6.45) is 3.52. The molecule has 0 spiro atoms. The summed E-state index contributed by atoms with van der Waals surface area (Å²) < 4.78 is 0. The molecule has 1 unspecified atom stereocenters. The van der Waals surface area contributed by atoms with Crippen LogP contribution in [0, 0.1) is 5.92 Å². The van der Waals surface area contributed by atoms with Crippen LogP contribution in [0.4, 0.5) is 0 Å². The molecular weight excluding hydrogens is 261 g/mol. The summed E-state index contributed by atoms with van der Waals surface area (Å²) in [6.45, 7) is 3.94. The zero-order chi connectivity index (χ0) is 7.98. The molecule has 0 bridgehead atoms. The van der Waals surface area contributed by atoms with Gasteiger partial charge in [0.2, 0.25) is 0 Å². The molecule has 1 atom stereocenters. The van der Waals surface area contributed by atoms with Gasteiger partial charge in [-0.15, -0.1) is 0 Å². The van der Waals surface area contributed by atoms with Gasteiger partial charge in [-0.25, -0.2) is 0 Å². The van der Waals surface area contributed by atoms with Gasteiger partial charge < -0.3 is 9.90 Å². The Kier molecular flexibility index (Phi) is 13.1. The van der Waals surface area contributed by atoms with Gasteiger partial charge in [0.15, 0.2) is 0 Å². The summed E-state index contributed by atoms with van der Waals surface area (Å²) in [6, 6.07) is 0. The molecule has 11 heavy (non-hydrogen) atoms. The predicted octanol–water partition coefficient (Wildman–Crippen LogP) is -2.04. The van der Waals surface area contributed by atoms with Crippen molar-refractivity contribution in [1.29, 1.82) is 0 Å². The van der Waals surface area contributed by atoms with Crippen LogP contribution in [0.1, 0.15) is 39.5 Å². The van der Waals surface area contributed by atoms with E-state index in [2.05, 4.69) is 6.92 Å². The Balaban J connectivity index is 0. The molecule has 0 N–H and O–H groups in total. The molecule has 0 heterocycles. The minimum atomic E-state index is -0.893. The first-order valence-corrected chi connectivity index (χ1v) is 3.93. The van der Waals surface area contributed by atoms with Gasteiger partial charge in [-0.2, -0.15) is 0 Å². The maximum Gasteiger partial charge on any atom is 1.00 e. The van der Waals surface area contributed by atoms with Crippen molar-refractivity contribution in [3.63, 3.8) is 0 Å². The van der Waals surface area contributed by atoms with E-state index >= 15 is 0 Å². The Morgan fingerprint density at radius 2 is 2.00 bits per heavy atom. The second kappa shape index (κ2) is 9.61. The Morgan fingerprint density at radius 1 is 1.45 bits per heavy atom.